The SMILES string of the molecule is CCC(=O)NNc1ccnc2cc(Cl)ccc12. The van der Waals surface area contributed by atoms with Crippen LogP contribution in [0.4, 0.5) is 5.69 Å². The number of fused-ring (bicyclic) bond motifs is 1. The van der Waals surface area contributed by atoms with Gasteiger partial charge >= 0.3 is 0 Å². The second-order valence-corrected chi connectivity index (χ2v) is 3.98. The summed E-state index contributed by atoms with van der Waals surface area (Å²) in [4.78, 5) is 15.4. The summed E-state index contributed by atoms with van der Waals surface area (Å²) in [5, 5.41) is 1.55. The number of nitrogens with zero attached hydrogens (tertiary/aromatic N) is 1. The molecule has 0 bridgehead atoms. The van der Waals surface area contributed by atoms with Crippen LogP contribution in [0.5, 0.6) is 0 Å². The molecule has 5 heteroatoms. The van der Waals surface area contributed by atoms with Crippen molar-refractivity contribution in [3.05, 3.63) is 35.5 Å². The van der Waals surface area contributed by atoms with E-state index in [1.807, 2.05) is 6.07 Å². The van der Waals surface area contributed by atoms with Crippen LogP contribution in [0.15, 0.2) is 30.5 Å². The fourth-order valence-electron chi connectivity index (χ4n) is 1.46. The second kappa shape index (κ2) is 5.01. The lowest BCUT2D eigenvalue weighted by atomic mass is 10.2. The first kappa shape index (κ1) is 11.7. The van der Waals surface area contributed by atoms with Gasteiger partial charge in [-0.1, -0.05) is 18.5 Å². The van der Waals surface area contributed by atoms with Crippen LogP contribution in [0.3, 0.4) is 0 Å². The summed E-state index contributed by atoms with van der Waals surface area (Å²) < 4.78 is 0. The Morgan fingerprint density at radius 2 is 2.24 bits per heavy atom. The zero-order valence-electron chi connectivity index (χ0n) is 9.33. The number of carbonyl (C=O) groups excluding carboxylic acids is 1. The molecular formula is C12H12ClN3O. The number of halogens is 1. The zero-order chi connectivity index (χ0) is 12.3. The molecule has 2 rings (SSSR count). The largest absolute Gasteiger partial charge is 0.298 e. The van der Waals surface area contributed by atoms with Crippen LogP contribution < -0.4 is 10.9 Å². The van der Waals surface area contributed by atoms with Gasteiger partial charge in [-0.25, -0.2) is 0 Å². The summed E-state index contributed by atoms with van der Waals surface area (Å²) in [5.41, 5.74) is 7.07. The molecule has 1 aromatic heterocycles. The number of aromatic nitrogens is 1. The van der Waals surface area contributed by atoms with E-state index in [1.165, 1.54) is 0 Å². The topological polar surface area (TPSA) is 54.0 Å². The lowest BCUT2D eigenvalue weighted by molar-refractivity contribution is -0.120. The molecule has 0 aliphatic rings. The van der Waals surface area contributed by atoms with E-state index in [-0.39, 0.29) is 5.91 Å². The van der Waals surface area contributed by atoms with Crippen LogP contribution in [0.1, 0.15) is 13.3 Å². The molecule has 4 nitrogen and oxygen atoms in total. The monoisotopic (exact) mass is 249 g/mol. The number of pyridine rings is 1. The lowest BCUT2D eigenvalue weighted by Gasteiger charge is -2.10. The van der Waals surface area contributed by atoms with Gasteiger partial charge in [0.25, 0.3) is 0 Å². The van der Waals surface area contributed by atoms with Crippen LogP contribution in [0.2, 0.25) is 5.02 Å². The molecule has 0 aliphatic heterocycles. The zero-order valence-corrected chi connectivity index (χ0v) is 10.1. The first-order chi connectivity index (χ1) is 8.20. The Bertz CT molecular complexity index is 556. The molecular weight excluding hydrogens is 238 g/mol. The molecule has 0 saturated carbocycles. The minimum Gasteiger partial charge on any atom is -0.298 e. The molecule has 0 saturated heterocycles. The van der Waals surface area contributed by atoms with Gasteiger partial charge in [-0.3, -0.25) is 20.6 Å². The highest BCUT2D eigenvalue weighted by atomic mass is 35.5. The number of hydrazine groups is 1. The second-order valence-electron chi connectivity index (χ2n) is 3.55. The molecule has 2 N–H and O–H groups in total. The van der Waals surface area contributed by atoms with Gasteiger partial charge < -0.3 is 0 Å². The fraction of sp³-hybridized carbons (Fsp3) is 0.167. The van der Waals surface area contributed by atoms with Crippen LogP contribution in [0, 0.1) is 0 Å². The number of carbonyl (C=O) groups is 1. The van der Waals surface area contributed by atoms with E-state index in [4.69, 9.17) is 11.6 Å². The molecule has 1 heterocycles. The predicted octanol–water partition coefficient (Wildman–Crippen LogP) is 2.74. The van der Waals surface area contributed by atoms with Gasteiger partial charge in [0.05, 0.1) is 11.2 Å². The van der Waals surface area contributed by atoms with Gasteiger partial charge in [0.2, 0.25) is 5.91 Å². The van der Waals surface area contributed by atoms with Crippen LogP contribution in [0.25, 0.3) is 10.9 Å². The Morgan fingerprint density at radius 1 is 1.41 bits per heavy atom. The number of amides is 1. The molecule has 88 valence electrons. The standard InChI is InChI=1S/C12H12ClN3O/c1-2-12(17)16-15-10-5-6-14-11-7-8(13)3-4-9(10)11/h3-7H,2H2,1H3,(H,14,15)(H,16,17). The molecule has 17 heavy (non-hydrogen) atoms. The van der Waals surface area contributed by atoms with Crippen LogP contribution in [-0.4, -0.2) is 10.9 Å². The third-order valence-electron chi connectivity index (χ3n) is 2.36. The number of nitrogens with one attached hydrogen (secondary N) is 2. The maximum Gasteiger partial charge on any atom is 0.238 e. The van der Waals surface area contributed by atoms with E-state index in [0.717, 1.165) is 16.6 Å². The van der Waals surface area contributed by atoms with Gasteiger partial charge in [-0.05, 0) is 24.3 Å². The first-order valence-corrected chi connectivity index (χ1v) is 5.67. The third-order valence-corrected chi connectivity index (χ3v) is 2.60. The summed E-state index contributed by atoms with van der Waals surface area (Å²) >= 11 is 5.89. The molecule has 0 aliphatic carbocycles. The summed E-state index contributed by atoms with van der Waals surface area (Å²) in [6.45, 7) is 1.79. The Labute approximate surface area is 104 Å². The Kier molecular flexibility index (Phi) is 3.44. The van der Waals surface area contributed by atoms with Crippen molar-refractivity contribution in [3.8, 4) is 0 Å². The number of hydrogen-bond donors (Lipinski definition) is 2. The average Bonchev–Trinajstić information content (AvgIpc) is 2.35. The predicted molar refractivity (Wildman–Crippen MR) is 68.8 cm³/mol. The summed E-state index contributed by atoms with van der Waals surface area (Å²) in [5.74, 6) is -0.0658. The highest BCUT2D eigenvalue weighted by Gasteiger charge is 2.03. The Balaban J connectivity index is 2.31. The maximum absolute atomic E-state index is 11.2. The number of hydrogen-bond acceptors (Lipinski definition) is 3. The highest BCUT2D eigenvalue weighted by Crippen LogP contribution is 2.23. The summed E-state index contributed by atoms with van der Waals surface area (Å²) in [7, 11) is 0. The van der Waals surface area contributed by atoms with Crippen LogP contribution >= 0.6 is 11.6 Å². The highest BCUT2D eigenvalue weighted by molar-refractivity contribution is 6.31. The van der Waals surface area contributed by atoms with Crippen molar-refractivity contribution < 1.29 is 4.79 Å². The van der Waals surface area contributed by atoms with Crippen LogP contribution in [-0.2, 0) is 4.79 Å². The molecule has 1 aromatic carbocycles. The molecule has 0 spiro atoms. The van der Waals surface area contributed by atoms with Crippen molar-refractivity contribution in [2.45, 2.75) is 13.3 Å². The molecule has 1 amide bonds. The Hall–Kier alpha value is -1.81. The summed E-state index contributed by atoms with van der Waals surface area (Å²) in [6, 6.07) is 7.24. The van der Waals surface area contributed by atoms with Crippen molar-refractivity contribution in [3.63, 3.8) is 0 Å². The first-order valence-electron chi connectivity index (χ1n) is 5.30. The maximum atomic E-state index is 11.2. The number of anilines is 1. The van der Waals surface area contributed by atoms with Crippen molar-refractivity contribution >= 4 is 34.1 Å². The normalized spacial score (nSPS) is 10.2. The minimum atomic E-state index is -0.0658. The third kappa shape index (κ3) is 2.65. The Morgan fingerprint density at radius 3 is 3.00 bits per heavy atom. The lowest BCUT2D eigenvalue weighted by Crippen LogP contribution is -2.28. The van der Waals surface area contributed by atoms with E-state index in [9.17, 15) is 4.79 Å². The fourth-order valence-corrected chi connectivity index (χ4v) is 1.62. The van der Waals surface area contributed by atoms with Crippen molar-refractivity contribution in [2.24, 2.45) is 0 Å². The van der Waals surface area contributed by atoms with E-state index in [0.29, 0.717) is 11.4 Å². The smallest absolute Gasteiger partial charge is 0.238 e. The van der Waals surface area contributed by atoms with Crippen molar-refractivity contribution in [1.29, 1.82) is 0 Å². The van der Waals surface area contributed by atoms with E-state index >= 15 is 0 Å². The van der Waals surface area contributed by atoms with Crippen molar-refractivity contribution in [1.82, 2.24) is 10.4 Å². The van der Waals surface area contributed by atoms with E-state index in [2.05, 4.69) is 15.8 Å². The molecule has 0 atom stereocenters. The molecule has 0 radical (unpaired) electrons. The van der Waals surface area contributed by atoms with Gasteiger partial charge in [0.1, 0.15) is 0 Å². The number of benzene rings is 1. The van der Waals surface area contributed by atoms with Gasteiger partial charge in [-0.15, -0.1) is 0 Å². The quantitative estimate of drug-likeness (QED) is 0.823. The van der Waals surface area contributed by atoms with Crippen molar-refractivity contribution in [2.75, 3.05) is 5.43 Å². The molecule has 2 aromatic rings. The average molecular weight is 250 g/mol. The molecule has 0 unspecified atom stereocenters. The molecule has 0 fully saturated rings. The van der Waals surface area contributed by atoms with E-state index < -0.39 is 0 Å². The van der Waals surface area contributed by atoms with Gasteiger partial charge in [0, 0.05) is 23.0 Å². The minimum absolute atomic E-state index is 0.0658. The van der Waals surface area contributed by atoms with Gasteiger partial charge in [0.15, 0.2) is 0 Å². The summed E-state index contributed by atoms with van der Waals surface area (Å²) in [6.07, 6.45) is 2.10. The number of rotatable bonds is 3. The van der Waals surface area contributed by atoms with Gasteiger partial charge in [-0.2, -0.15) is 0 Å². The van der Waals surface area contributed by atoms with E-state index in [1.54, 1.807) is 31.3 Å².